The van der Waals surface area contributed by atoms with Gasteiger partial charge in [-0.15, -0.1) is 0 Å². The quantitative estimate of drug-likeness (QED) is 0.702. The summed E-state index contributed by atoms with van der Waals surface area (Å²) in [7, 11) is 0. The standard InChI is InChI=1S/C14H14N2O2/c1-2-16(9-11-7-8-17-10-11)14-15-12-5-3-4-6-13(12)18-14/h3-8,10H,2,9H2,1H3. The molecule has 0 aliphatic carbocycles. The average Bonchev–Trinajstić information content (AvgIpc) is 3.04. The molecule has 2 heterocycles. The molecule has 0 fully saturated rings. The van der Waals surface area contributed by atoms with Crippen LogP contribution < -0.4 is 4.90 Å². The fraction of sp³-hybridized carbons (Fsp3) is 0.214. The summed E-state index contributed by atoms with van der Waals surface area (Å²) in [5, 5.41) is 0. The lowest BCUT2D eigenvalue weighted by Crippen LogP contribution is -2.21. The predicted octanol–water partition coefficient (Wildman–Crippen LogP) is 3.45. The van der Waals surface area contributed by atoms with E-state index in [2.05, 4.69) is 16.8 Å². The zero-order valence-electron chi connectivity index (χ0n) is 10.2. The lowest BCUT2D eigenvalue weighted by Gasteiger charge is -2.16. The largest absolute Gasteiger partial charge is 0.472 e. The van der Waals surface area contributed by atoms with Crippen LogP contribution in [0.5, 0.6) is 0 Å². The van der Waals surface area contributed by atoms with Crippen molar-refractivity contribution < 1.29 is 8.83 Å². The number of hydrogen-bond acceptors (Lipinski definition) is 4. The van der Waals surface area contributed by atoms with Crippen LogP contribution in [0.1, 0.15) is 12.5 Å². The van der Waals surface area contributed by atoms with Gasteiger partial charge in [-0.25, -0.2) is 0 Å². The van der Waals surface area contributed by atoms with Gasteiger partial charge >= 0.3 is 0 Å². The molecule has 1 aromatic carbocycles. The van der Waals surface area contributed by atoms with Crippen molar-refractivity contribution in [3.63, 3.8) is 0 Å². The molecule has 0 bridgehead atoms. The Morgan fingerprint density at radius 1 is 1.22 bits per heavy atom. The fourth-order valence-corrected chi connectivity index (χ4v) is 1.91. The van der Waals surface area contributed by atoms with Crippen molar-refractivity contribution in [2.45, 2.75) is 13.5 Å². The smallest absolute Gasteiger partial charge is 0.298 e. The van der Waals surface area contributed by atoms with Gasteiger partial charge in [0.1, 0.15) is 5.52 Å². The van der Waals surface area contributed by atoms with Gasteiger partial charge in [-0.1, -0.05) is 12.1 Å². The minimum absolute atomic E-state index is 0.653. The first-order valence-corrected chi connectivity index (χ1v) is 5.98. The monoisotopic (exact) mass is 242 g/mol. The summed E-state index contributed by atoms with van der Waals surface area (Å²) in [4.78, 5) is 6.57. The van der Waals surface area contributed by atoms with E-state index in [0.717, 1.165) is 29.8 Å². The summed E-state index contributed by atoms with van der Waals surface area (Å²) >= 11 is 0. The van der Waals surface area contributed by atoms with Crippen molar-refractivity contribution in [1.29, 1.82) is 0 Å². The Bertz CT molecular complexity index is 595. The number of aromatic nitrogens is 1. The van der Waals surface area contributed by atoms with E-state index < -0.39 is 0 Å². The summed E-state index contributed by atoms with van der Waals surface area (Å²) in [6.07, 6.45) is 3.42. The van der Waals surface area contributed by atoms with Crippen LogP contribution >= 0.6 is 0 Å². The van der Waals surface area contributed by atoms with E-state index in [1.54, 1.807) is 12.5 Å². The fourth-order valence-electron chi connectivity index (χ4n) is 1.91. The first-order chi connectivity index (χ1) is 8.86. The summed E-state index contributed by atoms with van der Waals surface area (Å²) in [6.45, 7) is 3.65. The highest BCUT2D eigenvalue weighted by atomic mass is 16.4. The van der Waals surface area contributed by atoms with Crippen LogP contribution in [0.4, 0.5) is 6.01 Å². The summed E-state index contributed by atoms with van der Waals surface area (Å²) in [5.41, 5.74) is 2.82. The molecule has 92 valence electrons. The number of rotatable bonds is 4. The molecule has 0 saturated heterocycles. The minimum Gasteiger partial charge on any atom is -0.472 e. The first kappa shape index (κ1) is 10.9. The molecular weight excluding hydrogens is 228 g/mol. The van der Waals surface area contributed by atoms with Gasteiger partial charge in [-0.3, -0.25) is 0 Å². The van der Waals surface area contributed by atoms with Crippen molar-refractivity contribution >= 4 is 17.1 Å². The molecule has 4 heteroatoms. The summed E-state index contributed by atoms with van der Waals surface area (Å²) in [5.74, 6) is 0. The van der Waals surface area contributed by atoms with Gasteiger partial charge in [0, 0.05) is 12.1 Å². The summed E-state index contributed by atoms with van der Waals surface area (Å²) < 4.78 is 10.8. The Kier molecular flexibility index (Phi) is 2.76. The van der Waals surface area contributed by atoms with Crippen LogP contribution in [-0.2, 0) is 6.54 Å². The van der Waals surface area contributed by atoms with Crippen LogP contribution in [0, 0.1) is 0 Å². The van der Waals surface area contributed by atoms with Crippen LogP contribution in [0.15, 0.2) is 51.7 Å². The highest BCUT2D eigenvalue weighted by Gasteiger charge is 2.13. The number of oxazole rings is 1. The molecule has 3 aromatic rings. The van der Waals surface area contributed by atoms with Crippen molar-refractivity contribution in [2.75, 3.05) is 11.4 Å². The zero-order chi connectivity index (χ0) is 12.4. The molecule has 18 heavy (non-hydrogen) atoms. The maximum atomic E-state index is 5.75. The van der Waals surface area contributed by atoms with Crippen LogP contribution in [0.2, 0.25) is 0 Å². The number of benzene rings is 1. The normalized spacial score (nSPS) is 10.9. The van der Waals surface area contributed by atoms with Crippen LogP contribution in [0.3, 0.4) is 0 Å². The first-order valence-electron chi connectivity index (χ1n) is 5.98. The summed E-state index contributed by atoms with van der Waals surface area (Å²) in [6, 6.07) is 10.4. The molecule has 0 radical (unpaired) electrons. The van der Waals surface area contributed by atoms with E-state index in [9.17, 15) is 0 Å². The number of anilines is 1. The second-order valence-corrected chi connectivity index (χ2v) is 4.11. The molecule has 0 atom stereocenters. The Morgan fingerprint density at radius 3 is 2.83 bits per heavy atom. The van der Waals surface area contributed by atoms with Gasteiger partial charge in [0.05, 0.1) is 19.1 Å². The molecule has 0 aliphatic rings. The predicted molar refractivity (Wildman–Crippen MR) is 69.4 cm³/mol. The molecule has 2 aromatic heterocycles. The van der Waals surface area contributed by atoms with Crippen molar-refractivity contribution in [2.24, 2.45) is 0 Å². The highest BCUT2D eigenvalue weighted by Crippen LogP contribution is 2.22. The van der Waals surface area contributed by atoms with E-state index in [4.69, 9.17) is 8.83 Å². The SMILES string of the molecule is CCN(Cc1ccoc1)c1nc2ccccc2o1. The van der Waals surface area contributed by atoms with E-state index in [1.807, 2.05) is 30.3 Å². The molecule has 3 rings (SSSR count). The molecule has 0 spiro atoms. The van der Waals surface area contributed by atoms with Crippen molar-refractivity contribution in [3.8, 4) is 0 Å². The third-order valence-corrected chi connectivity index (χ3v) is 2.89. The molecular formula is C14H14N2O2. The van der Waals surface area contributed by atoms with Gasteiger partial charge in [0.25, 0.3) is 6.01 Å². The lowest BCUT2D eigenvalue weighted by atomic mass is 10.3. The van der Waals surface area contributed by atoms with Gasteiger partial charge in [-0.2, -0.15) is 4.98 Å². The molecule has 0 N–H and O–H groups in total. The zero-order valence-corrected chi connectivity index (χ0v) is 10.2. The minimum atomic E-state index is 0.653. The number of nitrogens with zero attached hydrogens (tertiary/aromatic N) is 2. The van der Waals surface area contributed by atoms with E-state index in [-0.39, 0.29) is 0 Å². The van der Waals surface area contributed by atoms with E-state index in [1.165, 1.54) is 0 Å². The van der Waals surface area contributed by atoms with Gasteiger partial charge in [0.15, 0.2) is 5.58 Å². The Labute approximate surface area is 105 Å². The third-order valence-electron chi connectivity index (χ3n) is 2.89. The van der Waals surface area contributed by atoms with Gasteiger partial charge < -0.3 is 13.7 Å². The molecule has 0 unspecified atom stereocenters. The highest BCUT2D eigenvalue weighted by molar-refractivity contribution is 5.74. The number of furan rings is 1. The Morgan fingerprint density at radius 2 is 2.11 bits per heavy atom. The molecule has 0 saturated carbocycles. The Hall–Kier alpha value is -2.23. The number of fused-ring (bicyclic) bond motifs is 1. The Balaban J connectivity index is 1.90. The van der Waals surface area contributed by atoms with Gasteiger partial charge in [-0.05, 0) is 25.1 Å². The number of para-hydroxylation sites is 2. The van der Waals surface area contributed by atoms with Crippen molar-refractivity contribution in [3.05, 3.63) is 48.4 Å². The lowest BCUT2D eigenvalue weighted by molar-refractivity contribution is 0.554. The van der Waals surface area contributed by atoms with E-state index >= 15 is 0 Å². The second-order valence-electron chi connectivity index (χ2n) is 4.11. The second kappa shape index (κ2) is 4.56. The molecule has 0 amide bonds. The average molecular weight is 242 g/mol. The van der Waals surface area contributed by atoms with Crippen LogP contribution in [-0.4, -0.2) is 11.5 Å². The topological polar surface area (TPSA) is 42.4 Å². The molecule has 0 aliphatic heterocycles. The van der Waals surface area contributed by atoms with Gasteiger partial charge in [0.2, 0.25) is 0 Å². The third kappa shape index (κ3) is 1.97. The van der Waals surface area contributed by atoms with Crippen LogP contribution in [0.25, 0.3) is 11.1 Å². The van der Waals surface area contributed by atoms with Crippen molar-refractivity contribution in [1.82, 2.24) is 4.98 Å². The van der Waals surface area contributed by atoms with E-state index in [0.29, 0.717) is 6.01 Å². The maximum Gasteiger partial charge on any atom is 0.298 e. The maximum absolute atomic E-state index is 5.75. The number of hydrogen-bond donors (Lipinski definition) is 0. The molecule has 4 nitrogen and oxygen atoms in total.